The Morgan fingerprint density at radius 3 is 1.80 bits per heavy atom. The highest BCUT2D eigenvalue weighted by atomic mass is 16.6. The van der Waals surface area contributed by atoms with Gasteiger partial charge in [0, 0.05) is 18.9 Å². The first-order valence-corrected chi connectivity index (χ1v) is 17.6. The van der Waals surface area contributed by atoms with Crippen LogP contribution in [-0.4, -0.2) is 104 Å². The smallest absolute Gasteiger partial charge is 0.331 e. The van der Waals surface area contributed by atoms with Crippen molar-refractivity contribution in [3.63, 3.8) is 0 Å². The van der Waals surface area contributed by atoms with E-state index in [1.165, 1.54) is 50.5 Å². The van der Waals surface area contributed by atoms with Crippen LogP contribution in [0.2, 0.25) is 0 Å². The van der Waals surface area contributed by atoms with Crippen LogP contribution in [0.5, 0.6) is 0 Å². The standard InChI is InChI=1S/C23H34O3.2C6H12O4/c1-22-9-7-16(24)12-15(22)3-4-17-19-6-5-18(14-11-21(25)26-13-14)23(19,2)10-8-20(17)22;2*1-3-6(9)4(7)2-5(8)10-3/h11,15-20,24H,3-10,12-13H2,1-2H3;2*3-9H,2H2,1H3/t15-,16+,17+,18-,19+,20+,22+,23-;2*3-,4+,5?,6-/m111/s1. The number of carbonyl (C=O) groups is 1. The van der Waals surface area contributed by atoms with Gasteiger partial charge in [-0.1, -0.05) is 13.8 Å². The molecule has 4 aliphatic carbocycles. The van der Waals surface area contributed by atoms with Crippen molar-refractivity contribution >= 4 is 5.97 Å². The van der Waals surface area contributed by atoms with Gasteiger partial charge in [0.1, 0.15) is 18.8 Å². The van der Waals surface area contributed by atoms with Gasteiger partial charge in [0.2, 0.25) is 0 Å². The number of aliphatic hydroxyl groups excluding tert-OH is 7. The van der Waals surface area contributed by atoms with Crippen LogP contribution in [-0.2, 0) is 19.0 Å². The monoisotopic (exact) mass is 654 g/mol. The summed E-state index contributed by atoms with van der Waals surface area (Å²) in [6, 6.07) is 0. The van der Waals surface area contributed by atoms with E-state index in [4.69, 9.17) is 44.8 Å². The highest BCUT2D eigenvalue weighted by molar-refractivity contribution is 5.85. The summed E-state index contributed by atoms with van der Waals surface area (Å²) in [5, 5.41) is 64.1. The molecular formula is C35H58O11. The molecule has 3 aliphatic heterocycles. The van der Waals surface area contributed by atoms with Crippen LogP contribution >= 0.6 is 0 Å². The van der Waals surface area contributed by atoms with Crippen LogP contribution in [0.1, 0.15) is 98.3 Å². The van der Waals surface area contributed by atoms with E-state index < -0.39 is 49.2 Å². The van der Waals surface area contributed by atoms with Gasteiger partial charge in [-0.3, -0.25) is 0 Å². The third-order valence-electron chi connectivity index (χ3n) is 13.2. The highest BCUT2D eigenvalue weighted by Gasteiger charge is 2.60. The minimum Gasteiger partial charge on any atom is -0.458 e. The zero-order chi connectivity index (χ0) is 33.6. The number of fused-ring (bicyclic) bond motifs is 5. The van der Waals surface area contributed by atoms with E-state index in [1.807, 2.05) is 0 Å². The second-order valence-electron chi connectivity index (χ2n) is 15.8. The number of ether oxygens (including phenoxy) is 3. The molecule has 0 amide bonds. The van der Waals surface area contributed by atoms with Crippen molar-refractivity contribution in [1.82, 2.24) is 0 Å². The normalized spacial score (nSPS) is 51.5. The van der Waals surface area contributed by atoms with Gasteiger partial charge in [0.05, 0.1) is 30.5 Å². The SMILES string of the molecule is C[C@H]1OC(O)C[C@H](O)[C@@H]1O.C[C@H]1OC(O)C[C@H](O)[C@@H]1O.C[C@]12CC[C@H](O)C[C@H]1CC[C@@H]1[C@@H]2CC[C@]2(C)[C@@H](C3=CC(=O)OC3)CC[C@@H]12. The molecule has 0 aromatic carbocycles. The van der Waals surface area contributed by atoms with Gasteiger partial charge in [0.15, 0.2) is 12.6 Å². The molecule has 11 heteroatoms. The lowest BCUT2D eigenvalue weighted by atomic mass is 9.44. The number of hydrogen-bond donors (Lipinski definition) is 7. The second kappa shape index (κ2) is 14.4. The number of carbonyl (C=O) groups excluding carboxylic acids is 1. The number of hydrogen-bond acceptors (Lipinski definition) is 11. The Kier molecular flexibility index (Phi) is 11.3. The van der Waals surface area contributed by atoms with Crippen LogP contribution in [0, 0.1) is 40.4 Å². The zero-order valence-corrected chi connectivity index (χ0v) is 27.9. The lowest BCUT2D eigenvalue weighted by molar-refractivity contribution is -0.226. The lowest BCUT2D eigenvalue weighted by Crippen LogP contribution is -2.54. The van der Waals surface area contributed by atoms with E-state index in [0.717, 1.165) is 36.5 Å². The van der Waals surface area contributed by atoms with Crippen LogP contribution in [0.25, 0.3) is 0 Å². The first-order chi connectivity index (χ1) is 21.6. The van der Waals surface area contributed by atoms with Gasteiger partial charge in [-0.25, -0.2) is 4.79 Å². The van der Waals surface area contributed by atoms with Crippen LogP contribution in [0.3, 0.4) is 0 Å². The quantitative estimate of drug-likeness (QED) is 0.206. The fourth-order valence-electron chi connectivity index (χ4n) is 10.5. The molecule has 0 radical (unpaired) electrons. The minimum absolute atomic E-state index is 0.0545. The maximum atomic E-state index is 11.6. The molecule has 3 heterocycles. The molecule has 0 spiro atoms. The molecule has 0 bridgehead atoms. The van der Waals surface area contributed by atoms with Crippen molar-refractivity contribution in [3.05, 3.63) is 11.6 Å². The summed E-state index contributed by atoms with van der Waals surface area (Å²) in [6.45, 7) is 8.83. The van der Waals surface area contributed by atoms with Gasteiger partial charge < -0.3 is 50.0 Å². The van der Waals surface area contributed by atoms with Crippen LogP contribution in [0.15, 0.2) is 11.6 Å². The molecular weight excluding hydrogens is 596 g/mol. The molecule has 0 aromatic rings. The summed E-state index contributed by atoms with van der Waals surface area (Å²) in [5.74, 6) is 3.67. The number of rotatable bonds is 1. The first-order valence-electron chi connectivity index (χ1n) is 17.6. The Labute approximate surface area is 272 Å². The summed E-state index contributed by atoms with van der Waals surface area (Å²) in [5.41, 5.74) is 2.09. The second-order valence-corrected chi connectivity index (χ2v) is 15.8. The molecule has 6 fully saturated rings. The van der Waals surface area contributed by atoms with Crippen molar-refractivity contribution in [2.75, 3.05) is 6.61 Å². The summed E-state index contributed by atoms with van der Waals surface area (Å²) in [4.78, 5) is 11.6. The first kappa shape index (κ1) is 36.1. The maximum absolute atomic E-state index is 11.6. The van der Waals surface area contributed by atoms with Crippen molar-refractivity contribution in [1.29, 1.82) is 0 Å². The van der Waals surface area contributed by atoms with E-state index in [1.54, 1.807) is 19.9 Å². The van der Waals surface area contributed by atoms with Gasteiger partial charge in [-0.2, -0.15) is 0 Å². The van der Waals surface area contributed by atoms with E-state index in [0.29, 0.717) is 23.4 Å². The summed E-state index contributed by atoms with van der Waals surface area (Å²) < 4.78 is 14.9. The van der Waals surface area contributed by atoms with E-state index in [-0.39, 0.29) is 24.9 Å². The molecule has 11 nitrogen and oxygen atoms in total. The predicted molar refractivity (Wildman–Crippen MR) is 167 cm³/mol. The third kappa shape index (κ3) is 7.23. The number of aliphatic hydroxyl groups is 7. The van der Waals surface area contributed by atoms with Gasteiger partial charge in [-0.15, -0.1) is 0 Å². The average molecular weight is 655 g/mol. The van der Waals surface area contributed by atoms with Gasteiger partial charge in [-0.05, 0) is 118 Å². The average Bonchev–Trinajstić information content (AvgIpc) is 3.57. The predicted octanol–water partition coefficient (Wildman–Crippen LogP) is 2.16. The Hall–Kier alpha value is -1.15. The van der Waals surface area contributed by atoms with Gasteiger partial charge >= 0.3 is 5.97 Å². The summed E-state index contributed by atoms with van der Waals surface area (Å²) in [6.07, 6.45) is 6.77. The van der Waals surface area contributed by atoms with Crippen molar-refractivity contribution in [2.24, 2.45) is 40.4 Å². The fourth-order valence-corrected chi connectivity index (χ4v) is 10.5. The number of esters is 1. The molecule has 7 rings (SSSR count). The molecule has 0 aromatic heterocycles. The molecule has 2 unspecified atom stereocenters. The van der Waals surface area contributed by atoms with Crippen molar-refractivity contribution in [2.45, 2.75) is 154 Å². The largest absolute Gasteiger partial charge is 0.458 e. The minimum atomic E-state index is -0.937. The Morgan fingerprint density at radius 2 is 1.26 bits per heavy atom. The Bertz CT molecular complexity index is 1030. The highest BCUT2D eigenvalue weighted by Crippen LogP contribution is 2.68. The molecule has 264 valence electrons. The molecule has 7 N–H and O–H groups in total. The zero-order valence-electron chi connectivity index (χ0n) is 27.9. The summed E-state index contributed by atoms with van der Waals surface area (Å²) in [7, 11) is 0. The van der Waals surface area contributed by atoms with Crippen molar-refractivity contribution in [3.8, 4) is 0 Å². The van der Waals surface area contributed by atoms with Crippen LogP contribution < -0.4 is 0 Å². The van der Waals surface area contributed by atoms with Crippen molar-refractivity contribution < 1.29 is 54.8 Å². The third-order valence-corrected chi connectivity index (χ3v) is 13.2. The van der Waals surface area contributed by atoms with Crippen LogP contribution in [0.4, 0.5) is 0 Å². The number of cyclic esters (lactones) is 1. The molecule has 2 saturated heterocycles. The molecule has 7 aliphatic rings. The maximum Gasteiger partial charge on any atom is 0.331 e. The Balaban J connectivity index is 0.000000171. The summed E-state index contributed by atoms with van der Waals surface area (Å²) >= 11 is 0. The molecule has 16 atom stereocenters. The molecule has 4 saturated carbocycles. The fraction of sp³-hybridized carbons (Fsp3) is 0.914. The Morgan fingerprint density at radius 1 is 0.696 bits per heavy atom. The van der Waals surface area contributed by atoms with Gasteiger partial charge in [0.25, 0.3) is 0 Å². The molecule has 46 heavy (non-hydrogen) atoms. The van der Waals surface area contributed by atoms with E-state index in [9.17, 15) is 9.90 Å². The van der Waals surface area contributed by atoms with E-state index in [2.05, 4.69) is 13.8 Å². The topological polar surface area (TPSA) is 186 Å². The van der Waals surface area contributed by atoms with E-state index >= 15 is 0 Å². The lowest BCUT2D eigenvalue weighted by Gasteiger charge is -2.61.